The molecule has 1 aromatic rings. The van der Waals surface area contributed by atoms with Gasteiger partial charge in [-0.1, -0.05) is 12.1 Å². The average molecular weight is 271 g/mol. The van der Waals surface area contributed by atoms with Crippen molar-refractivity contribution in [2.24, 2.45) is 0 Å². The summed E-state index contributed by atoms with van der Waals surface area (Å²) in [6.45, 7) is 0. The van der Waals surface area contributed by atoms with Crippen LogP contribution in [0.25, 0.3) is 0 Å². The summed E-state index contributed by atoms with van der Waals surface area (Å²) in [4.78, 5) is 0. The van der Waals surface area contributed by atoms with E-state index in [0.717, 1.165) is 17.7 Å². The SMILES string of the molecule is CNC(CCCS(C)(=O)=O)c1cccc(OC)c1. The van der Waals surface area contributed by atoms with Gasteiger partial charge in [0.2, 0.25) is 0 Å². The Labute approximate surface area is 109 Å². The Kier molecular flexibility index (Phi) is 5.62. The molecule has 0 saturated carbocycles. The van der Waals surface area contributed by atoms with Crippen molar-refractivity contribution in [3.63, 3.8) is 0 Å². The third-order valence-electron chi connectivity index (χ3n) is 2.85. The molecule has 0 heterocycles. The van der Waals surface area contributed by atoms with Gasteiger partial charge in [0.1, 0.15) is 15.6 Å². The second-order valence-corrected chi connectivity index (χ2v) is 6.65. The fourth-order valence-corrected chi connectivity index (χ4v) is 2.58. The van der Waals surface area contributed by atoms with Gasteiger partial charge in [0.15, 0.2) is 0 Å². The lowest BCUT2D eigenvalue weighted by Crippen LogP contribution is -2.17. The number of hydrogen-bond acceptors (Lipinski definition) is 4. The molecule has 0 fully saturated rings. The average Bonchev–Trinajstić information content (AvgIpc) is 2.33. The van der Waals surface area contributed by atoms with Crippen LogP contribution in [0.5, 0.6) is 5.75 Å². The number of ether oxygens (including phenoxy) is 1. The van der Waals surface area contributed by atoms with Crippen LogP contribution in [0.1, 0.15) is 24.4 Å². The Morgan fingerprint density at radius 3 is 2.67 bits per heavy atom. The van der Waals surface area contributed by atoms with Gasteiger partial charge in [0.05, 0.1) is 7.11 Å². The van der Waals surface area contributed by atoms with E-state index in [1.807, 2.05) is 31.3 Å². The van der Waals surface area contributed by atoms with Gasteiger partial charge in [0.25, 0.3) is 0 Å². The number of sulfone groups is 1. The lowest BCUT2D eigenvalue weighted by atomic mass is 10.0. The smallest absolute Gasteiger partial charge is 0.147 e. The van der Waals surface area contributed by atoms with Crippen LogP contribution in [-0.2, 0) is 9.84 Å². The van der Waals surface area contributed by atoms with E-state index < -0.39 is 9.84 Å². The number of benzene rings is 1. The van der Waals surface area contributed by atoms with E-state index in [2.05, 4.69) is 5.32 Å². The Balaban J connectivity index is 2.65. The molecular formula is C13H21NO3S. The molecule has 0 aliphatic heterocycles. The third-order valence-corrected chi connectivity index (χ3v) is 3.88. The summed E-state index contributed by atoms with van der Waals surface area (Å²) in [5.41, 5.74) is 1.12. The first-order valence-corrected chi connectivity index (χ1v) is 8.01. The zero-order chi connectivity index (χ0) is 13.6. The normalized spacial score (nSPS) is 13.3. The van der Waals surface area contributed by atoms with E-state index >= 15 is 0 Å². The summed E-state index contributed by atoms with van der Waals surface area (Å²) < 4.78 is 27.4. The van der Waals surface area contributed by atoms with Crippen LogP contribution >= 0.6 is 0 Å². The van der Waals surface area contributed by atoms with Gasteiger partial charge in [-0.3, -0.25) is 0 Å². The van der Waals surface area contributed by atoms with E-state index in [-0.39, 0.29) is 11.8 Å². The first kappa shape index (κ1) is 15.0. The van der Waals surface area contributed by atoms with Crippen molar-refractivity contribution in [2.45, 2.75) is 18.9 Å². The predicted octanol–water partition coefficient (Wildman–Crippen LogP) is 1.78. The lowest BCUT2D eigenvalue weighted by Gasteiger charge is -2.17. The van der Waals surface area contributed by atoms with Crippen LogP contribution in [0.2, 0.25) is 0 Å². The Morgan fingerprint density at radius 1 is 1.39 bits per heavy atom. The molecular weight excluding hydrogens is 250 g/mol. The predicted molar refractivity (Wildman–Crippen MR) is 73.7 cm³/mol. The standard InChI is InChI=1S/C13H21NO3S/c1-14-13(8-5-9-18(3,15)16)11-6-4-7-12(10-11)17-2/h4,6-7,10,13-14H,5,8-9H2,1-3H3. The molecule has 1 aromatic carbocycles. The van der Waals surface area contributed by atoms with E-state index in [1.165, 1.54) is 6.26 Å². The van der Waals surface area contributed by atoms with Crippen molar-refractivity contribution in [1.82, 2.24) is 5.32 Å². The molecule has 0 aromatic heterocycles. The molecule has 1 rings (SSSR count). The van der Waals surface area contributed by atoms with Crippen LogP contribution in [0, 0.1) is 0 Å². The highest BCUT2D eigenvalue weighted by molar-refractivity contribution is 7.90. The maximum absolute atomic E-state index is 11.1. The molecule has 102 valence electrons. The van der Waals surface area contributed by atoms with E-state index in [1.54, 1.807) is 7.11 Å². The van der Waals surface area contributed by atoms with Crippen LogP contribution in [0.15, 0.2) is 24.3 Å². The molecule has 0 aliphatic carbocycles. The monoisotopic (exact) mass is 271 g/mol. The van der Waals surface area contributed by atoms with Gasteiger partial charge in [0, 0.05) is 18.1 Å². The van der Waals surface area contributed by atoms with Gasteiger partial charge < -0.3 is 10.1 Å². The Hall–Kier alpha value is -1.07. The van der Waals surface area contributed by atoms with E-state index in [9.17, 15) is 8.42 Å². The number of methoxy groups -OCH3 is 1. The summed E-state index contributed by atoms with van der Waals surface area (Å²) in [6.07, 6.45) is 2.71. The molecule has 1 atom stereocenters. The number of rotatable bonds is 7. The lowest BCUT2D eigenvalue weighted by molar-refractivity contribution is 0.413. The fourth-order valence-electron chi connectivity index (χ4n) is 1.89. The van der Waals surface area contributed by atoms with Crippen molar-refractivity contribution < 1.29 is 13.2 Å². The van der Waals surface area contributed by atoms with Gasteiger partial charge in [-0.05, 0) is 37.6 Å². The molecule has 0 bridgehead atoms. The highest BCUT2D eigenvalue weighted by Gasteiger charge is 2.11. The van der Waals surface area contributed by atoms with Crippen molar-refractivity contribution in [2.75, 3.05) is 26.2 Å². The Bertz CT molecular complexity index is 471. The highest BCUT2D eigenvalue weighted by Crippen LogP contribution is 2.22. The molecule has 0 aliphatic rings. The first-order valence-electron chi connectivity index (χ1n) is 5.95. The minimum atomic E-state index is -2.88. The quantitative estimate of drug-likeness (QED) is 0.821. The van der Waals surface area contributed by atoms with Gasteiger partial charge >= 0.3 is 0 Å². The summed E-state index contributed by atoms with van der Waals surface area (Å²) >= 11 is 0. The van der Waals surface area contributed by atoms with E-state index in [4.69, 9.17) is 4.74 Å². The highest BCUT2D eigenvalue weighted by atomic mass is 32.2. The van der Waals surface area contributed by atoms with Crippen LogP contribution in [0.4, 0.5) is 0 Å². The topological polar surface area (TPSA) is 55.4 Å². The van der Waals surface area contributed by atoms with Gasteiger partial charge in [-0.15, -0.1) is 0 Å². The molecule has 0 saturated heterocycles. The molecule has 0 spiro atoms. The summed E-state index contributed by atoms with van der Waals surface area (Å²) in [5.74, 6) is 1.05. The van der Waals surface area contributed by atoms with Gasteiger partial charge in [-0.25, -0.2) is 8.42 Å². The molecule has 0 radical (unpaired) electrons. The molecule has 1 unspecified atom stereocenters. The molecule has 0 amide bonds. The zero-order valence-electron chi connectivity index (χ0n) is 11.1. The van der Waals surface area contributed by atoms with Crippen LogP contribution in [-0.4, -0.2) is 34.6 Å². The second-order valence-electron chi connectivity index (χ2n) is 4.39. The zero-order valence-corrected chi connectivity index (χ0v) is 12.0. The third kappa shape index (κ3) is 5.06. The first-order chi connectivity index (χ1) is 8.46. The van der Waals surface area contributed by atoms with Crippen molar-refractivity contribution in [3.8, 4) is 5.75 Å². The summed E-state index contributed by atoms with van der Waals surface area (Å²) in [6, 6.07) is 7.98. The molecule has 5 heteroatoms. The molecule has 18 heavy (non-hydrogen) atoms. The fraction of sp³-hybridized carbons (Fsp3) is 0.538. The Morgan fingerprint density at radius 2 is 2.11 bits per heavy atom. The minimum absolute atomic E-state index is 0.154. The van der Waals surface area contributed by atoms with E-state index in [0.29, 0.717) is 6.42 Å². The van der Waals surface area contributed by atoms with Crippen LogP contribution < -0.4 is 10.1 Å². The molecule has 1 N–H and O–H groups in total. The van der Waals surface area contributed by atoms with Crippen molar-refractivity contribution >= 4 is 9.84 Å². The minimum Gasteiger partial charge on any atom is -0.497 e. The summed E-state index contributed by atoms with van der Waals surface area (Å²) in [5, 5.41) is 3.21. The number of nitrogens with one attached hydrogen (secondary N) is 1. The maximum Gasteiger partial charge on any atom is 0.147 e. The summed E-state index contributed by atoms with van der Waals surface area (Å²) in [7, 11) is 0.640. The number of hydrogen-bond donors (Lipinski definition) is 1. The van der Waals surface area contributed by atoms with Crippen molar-refractivity contribution in [1.29, 1.82) is 0 Å². The molecule has 4 nitrogen and oxygen atoms in total. The maximum atomic E-state index is 11.1. The largest absolute Gasteiger partial charge is 0.497 e. The second kappa shape index (κ2) is 6.75. The van der Waals surface area contributed by atoms with Crippen LogP contribution in [0.3, 0.4) is 0 Å². The van der Waals surface area contributed by atoms with Gasteiger partial charge in [-0.2, -0.15) is 0 Å². The van der Waals surface area contributed by atoms with Crippen molar-refractivity contribution in [3.05, 3.63) is 29.8 Å².